The highest BCUT2D eigenvalue weighted by molar-refractivity contribution is 7.08. The predicted molar refractivity (Wildman–Crippen MR) is 69.5 cm³/mol. The first-order valence-electron chi connectivity index (χ1n) is 5.25. The summed E-state index contributed by atoms with van der Waals surface area (Å²) in [6.45, 7) is 1.85. The van der Waals surface area contributed by atoms with Crippen molar-refractivity contribution in [2.75, 3.05) is 5.32 Å². The van der Waals surface area contributed by atoms with Crippen molar-refractivity contribution in [3.05, 3.63) is 46.2 Å². The minimum atomic E-state index is -0.0443. The number of carbonyl (C=O) groups excluding carboxylic acids is 1. The lowest BCUT2D eigenvalue weighted by atomic mass is 10.1. The van der Waals surface area contributed by atoms with E-state index in [1.165, 1.54) is 0 Å². The molecule has 0 aliphatic carbocycles. The lowest BCUT2D eigenvalue weighted by Gasteiger charge is -2.08. The number of phenols is 1. The summed E-state index contributed by atoms with van der Waals surface area (Å²) in [7, 11) is 0. The topological polar surface area (TPSA) is 49.3 Å². The van der Waals surface area contributed by atoms with Gasteiger partial charge in [-0.3, -0.25) is 4.79 Å². The number of aryl methyl sites for hydroxylation is 1. The Morgan fingerprint density at radius 1 is 1.41 bits per heavy atom. The minimum absolute atomic E-state index is 0.0443. The van der Waals surface area contributed by atoms with Crippen molar-refractivity contribution in [2.24, 2.45) is 0 Å². The fourth-order valence-electron chi connectivity index (χ4n) is 1.56. The van der Waals surface area contributed by atoms with Crippen LogP contribution in [-0.2, 0) is 11.2 Å². The Kier molecular flexibility index (Phi) is 3.44. The van der Waals surface area contributed by atoms with Crippen LogP contribution in [0.25, 0.3) is 0 Å². The number of hydrogen-bond acceptors (Lipinski definition) is 3. The molecule has 0 saturated heterocycles. The first-order valence-corrected chi connectivity index (χ1v) is 6.20. The standard InChI is InChI=1S/C13H13NO2S/c1-9-6-11(15)2-3-12(9)14-13(16)7-10-4-5-17-8-10/h2-6,8,15H,7H2,1H3,(H,14,16). The Morgan fingerprint density at radius 2 is 2.24 bits per heavy atom. The highest BCUT2D eigenvalue weighted by Gasteiger charge is 2.06. The molecule has 1 heterocycles. The molecule has 0 aliphatic rings. The first kappa shape index (κ1) is 11.7. The quantitative estimate of drug-likeness (QED) is 0.819. The predicted octanol–water partition coefficient (Wildman–Crippen LogP) is 2.94. The smallest absolute Gasteiger partial charge is 0.228 e. The van der Waals surface area contributed by atoms with Crippen LogP contribution in [0.1, 0.15) is 11.1 Å². The highest BCUT2D eigenvalue weighted by atomic mass is 32.1. The molecule has 0 spiro atoms. The van der Waals surface area contributed by atoms with Crippen LogP contribution in [0.2, 0.25) is 0 Å². The molecule has 0 fully saturated rings. The average molecular weight is 247 g/mol. The summed E-state index contributed by atoms with van der Waals surface area (Å²) in [6.07, 6.45) is 0.379. The van der Waals surface area contributed by atoms with Gasteiger partial charge in [-0.05, 0) is 53.1 Å². The first-order chi connectivity index (χ1) is 8.15. The molecule has 1 aromatic carbocycles. The van der Waals surface area contributed by atoms with Gasteiger partial charge in [0.15, 0.2) is 0 Å². The normalized spacial score (nSPS) is 10.2. The molecule has 2 aromatic rings. The zero-order chi connectivity index (χ0) is 12.3. The lowest BCUT2D eigenvalue weighted by Crippen LogP contribution is -2.14. The van der Waals surface area contributed by atoms with Crippen LogP contribution >= 0.6 is 11.3 Å². The maximum absolute atomic E-state index is 11.7. The summed E-state index contributed by atoms with van der Waals surface area (Å²) in [5, 5.41) is 16.0. The molecule has 2 N–H and O–H groups in total. The Bertz CT molecular complexity index is 520. The number of benzene rings is 1. The molecule has 0 atom stereocenters. The summed E-state index contributed by atoms with van der Waals surface area (Å²) in [6, 6.07) is 6.83. The van der Waals surface area contributed by atoms with Crippen LogP contribution in [0, 0.1) is 6.92 Å². The van der Waals surface area contributed by atoms with Crippen LogP contribution in [0.5, 0.6) is 5.75 Å². The fraction of sp³-hybridized carbons (Fsp3) is 0.154. The number of rotatable bonds is 3. The van der Waals surface area contributed by atoms with E-state index in [0.29, 0.717) is 6.42 Å². The zero-order valence-corrected chi connectivity index (χ0v) is 10.3. The Balaban J connectivity index is 2.03. The van der Waals surface area contributed by atoms with Gasteiger partial charge in [0.25, 0.3) is 0 Å². The summed E-state index contributed by atoms with van der Waals surface area (Å²) in [5.74, 6) is 0.163. The summed E-state index contributed by atoms with van der Waals surface area (Å²) in [4.78, 5) is 11.7. The van der Waals surface area contributed by atoms with Crippen molar-refractivity contribution in [1.82, 2.24) is 0 Å². The van der Waals surface area contributed by atoms with Crippen molar-refractivity contribution in [3.63, 3.8) is 0 Å². The van der Waals surface area contributed by atoms with Gasteiger partial charge in [0.2, 0.25) is 5.91 Å². The highest BCUT2D eigenvalue weighted by Crippen LogP contribution is 2.20. The number of thiophene rings is 1. The van der Waals surface area contributed by atoms with E-state index >= 15 is 0 Å². The van der Waals surface area contributed by atoms with Gasteiger partial charge in [0, 0.05) is 5.69 Å². The van der Waals surface area contributed by atoms with Crippen LogP contribution < -0.4 is 5.32 Å². The van der Waals surface area contributed by atoms with E-state index in [-0.39, 0.29) is 11.7 Å². The molecule has 0 radical (unpaired) electrons. The Hall–Kier alpha value is -1.81. The van der Waals surface area contributed by atoms with E-state index in [2.05, 4.69) is 5.32 Å². The van der Waals surface area contributed by atoms with Crippen LogP contribution in [0.15, 0.2) is 35.0 Å². The van der Waals surface area contributed by atoms with E-state index < -0.39 is 0 Å². The van der Waals surface area contributed by atoms with E-state index in [0.717, 1.165) is 16.8 Å². The van der Waals surface area contributed by atoms with Crippen molar-refractivity contribution >= 4 is 22.9 Å². The Morgan fingerprint density at radius 3 is 2.88 bits per heavy atom. The van der Waals surface area contributed by atoms with Crippen molar-refractivity contribution < 1.29 is 9.90 Å². The molecule has 0 aliphatic heterocycles. The molecule has 88 valence electrons. The molecule has 0 unspecified atom stereocenters. The van der Waals surface area contributed by atoms with Gasteiger partial charge in [0.1, 0.15) is 5.75 Å². The third-order valence-electron chi connectivity index (χ3n) is 2.43. The molecule has 0 saturated carbocycles. The van der Waals surface area contributed by atoms with Crippen LogP contribution in [-0.4, -0.2) is 11.0 Å². The van der Waals surface area contributed by atoms with Gasteiger partial charge in [-0.25, -0.2) is 0 Å². The number of carbonyl (C=O) groups is 1. The van der Waals surface area contributed by atoms with Crippen LogP contribution in [0.3, 0.4) is 0 Å². The van der Waals surface area contributed by atoms with Gasteiger partial charge in [0.05, 0.1) is 6.42 Å². The number of hydrogen-bond donors (Lipinski definition) is 2. The summed E-state index contributed by atoms with van der Waals surface area (Å²) < 4.78 is 0. The maximum Gasteiger partial charge on any atom is 0.228 e. The number of phenolic OH excluding ortho intramolecular Hbond substituents is 1. The van der Waals surface area contributed by atoms with Gasteiger partial charge in [-0.1, -0.05) is 0 Å². The lowest BCUT2D eigenvalue weighted by molar-refractivity contribution is -0.115. The third kappa shape index (κ3) is 3.07. The second kappa shape index (κ2) is 5.01. The van der Waals surface area contributed by atoms with Gasteiger partial charge < -0.3 is 10.4 Å². The number of amides is 1. The Labute approximate surface area is 104 Å². The summed E-state index contributed by atoms with van der Waals surface area (Å²) >= 11 is 1.58. The van der Waals surface area contributed by atoms with Crippen molar-refractivity contribution in [3.8, 4) is 5.75 Å². The molecule has 3 nitrogen and oxygen atoms in total. The van der Waals surface area contributed by atoms with Gasteiger partial charge >= 0.3 is 0 Å². The van der Waals surface area contributed by atoms with E-state index in [4.69, 9.17) is 0 Å². The van der Waals surface area contributed by atoms with Gasteiger partial charge in [-0.15, -0.1) is 0 Å². The van der Waals surface area contributed by atoms with E-state index in [1.54, 1.807) is 29.5 Å². The zero-order valence-electron chi connectivity index (χ0n) is 9.43. The second-order valence-electron chi connectivity index (χ2n) is 3.86. The molecule has 4 heteroatoms. The molecular weight excluding hydrogens is 234 g/mol. The van der Waals surface area contributed by atoms with Gasteiger partial charge in [-0.2, -0.15) is 11.3 Å². The largest absolute Gasteiger partial charge is 0.508 e. The molecule has 1 amide bonds. The average Bonchev–Trinajstić information content (AvgIpc) is 2.75. The SMILES string of the molecule is Cc1cc(O)ccc1NC(=O)Cc1ccsc1. The van der Waals surface area contributed by atoms with Crippen LogP contribution in [0.4, 0.5) is 5.69 Å². The number of anilines is 1. The molecule has 2 rings (SSSR count). The van der Waals surface area contributed by atoms with Crippen molar-refractivity contribution in [2.45, 2.75) is 13.3 Å². The van der Waals surface area contributed by atoms with Crippen molar-refractivity contribution in [1.29, 1.82) is 0 Å². The second-order valence-corrected chi connectivity index (χ2v) is 4.64. The molecule has 1 aromatic heterocycles. The van der Waals surface area contributed by atoms with E-state index in [1.807, 2.05) is 23.8 Å². The molecular formula is C13H13NO2S. The maximum atomic E-state index is 11.7. The molecule has 0 bridgehead atoms. The fourth-order valence-corrected chi connectivity index (χ4v) is 2.23. The number of nitrogens with one attached hydrogen (secondary N) is 1. The third-order valence-corrected chi connectivity index (χ3v) is 3.16. The minimum Gasteiger partial charge on any atom is -0.508 e. The molecule has 17 heavy (non-hydrogen) atoms. The summed E-state index contributed by atoms with van der Waals surface area (Å²) in [5.41, 5.74) is 2.61. The monoisotopic (exact) mass is 247 g/mol. The van der Waals surface area contributed by atoms with E-state index in [9.17, 15) is 9.90 Å². The number of aromatic hydroxyl groups is 1.